The maximum absolute atomic E-state index is 5.85. The second kappa shape index (κ2) is 7.03. The summed E-state index contributed by atoms with van der Waals surface area (Å²) in [4.78, 5) is 14.7. The number of rotatable bonds is 5. The molecule has 0 unspecified atom stereocenters. The van der Waals surface area contributed by atoms with Gasteiger partial charge in [-0.25, -0.2) is 19.5 Å². The van der Waals surface area contributed by atoms with Gasteiger partial charge in [0, 0.05) is 37.5 Å². The number of fused-ring (bicyclic) bond motifs is 1. The van der Waals surface area contributed by atoms with E-state index >= 15 is 0 Å². The molecule has 0 aliphatic carbocycles. The van der Waals surface area contributed by atoms with Crippen LogP contribution >= 0.6 is 0 Å². The van der Waals surface area contributed by atoms with Crippen molar-refractivity contribution in [2.75, 3.05) is 24.7 Å². The molecular weight excluding hydrogens is 338 g/mol. The summed E-state index contributed by atoms with van der Waals surface area (Å²) in [5, 5.41) is 0. The van der Waals surface area contributed by atoms with E-state index in [4.69, 9.17) is 5.73 Å². The predicted octanol–water partition coefficient (Wildman–Crippen LogP) is 1.86. The molecule has 7 heteroatoms. The van der Waals surface area contributed by atoms with E-state index in [1.165, 1.54) is 23.1 Å². The van der Waals surface area contributed by atoms with Crippen molar-refractivity contribution >= 4 is 22.7 Å². The Morgan fingerprint density at radius 3 is 2.37 bits per heavy atom. The Hall–Kier alpha value is -3.48. The molecule has 0 saturated heterocycles. The first-order chi connectivity index (χ1) is 13.1. The Morgan fingerprint density at radius 2 is 1.67 bits per heavy atom. The molecule has 136 valence electrons. The number of hydrogen-bond acceptors (Lipinski definition) is 5. The number of imidazole rings is 1. The number of nitrogen functional groups attached to an aromatic ring is 1. The molecule has 0 saturated carbocycles. The van der Waals surface area contributed by atoms with Crippen LogP contribution in [-0.2, 0) is 13.1 Å². The molecule has 0 amide bonds. The third-order valence-electron chi connectivity index (χ3n) is 4.56. The van der Waals surface area contributed by atoms with Gasteiger partial charge in [-0.3, -0.25) is 0 Å². The minimum absolute atomic E-state index is 0.409. The number of aromatic nitrogens is 5. The van der Waals surface area contributed by atoms with Gasteiger partial charge in [0.25, 0.3) is 0 Å². The summed E-state index contributed by atoms with van der Waals surface area (Å²) in [5.41, 5.74) is 10.9. The van der Waals surface area contributed by atoms with Crippen LogP contribution in [0.3, 0.4) is 0 Å². The van der Waals surface area contributed by atoms with Crippen molar-refractivity contribution in [3.63, 3.8) is 0 Å². The highest BCUT2D eigenvalue weighted by Crippen LogP contribution is 2.16. The molecule has 0 bridgehead atoms. The monoisotopic (exact) mass is 360 g/mol. The van der Waals surface area contributed by atoms with E-state index in [2.05, 4.69) is 73.2 Å². The van der Waals surface area contributed by atoms with Gasteiger partial charge in [-0.2, -0.15) is 0 Å². The molecule has 0 aliphatic heterocycles. The van der Waals surface area contributed by atoms with Gasteiger partial charge in [-0.15, -0.1) is 0 Å². The number of nitrogens with zero attached hydrogens (tertiary/aromatic N) is 6. The van der Waals surface area contributed by atoms with Gasteiger partial charge in [0.2, 0.25) is 0 Å². The van der Waals surface area contributed by atoms with E-state index in [1.54, 1.807) is 6.33 Å². The highest BCUT2D eigenvalue weighted by Gasteiger charge is 2.09. The van der Waals surface area contributed by atoms with Crippen molar-refractivity contribution < 1.29 is 4.57 Å². The summed E-state index contributed by atoms with van der Waals surface area (Å²) in [6.45, 7) is 1.53. The summed E-state index contributed by atoms with van der Waals surface area (Å²) >= 11 is 0. The zero-order valence-electron chi connectivity index (χ0n) is 15.4. The average molecular weight is 360 g/mol. The van der Waals surface area contributed by atoms with Gasteiger partial charge in [0.1, 0.15) is 11.8 Å². The fraction of sp³-hybridized carbons (Fsp3) is 0.200. The fourth-order valence-corrected chi connectivity index (χ4v) is 3.03. The third-order valence-corrected chi connectivity index (χ3v) is 4.56. The Labute approximate surface area is 157 Å². The first-order valence-electron chi connectivity index (χ1n) is 8.76. The number of anilines is 2. The lowest BCUT2D eigenvalue weighted by Crippen LogP contribution is -2.33. The van der Waals surface area contributed by atoms with Gasteiger partial charge < -0.3 is 15.2 Å². The van der Waals surface area contributed by atoms with E-state index in [0.717, 1.165) is 12.2 Å². The summed E-state index contributed by atoms with van der Waals surface area (Å²) in [7, 11) is 4.09. The number of benzene rings is 1. The molecule has 1 aromatic carbocycles. The van der Waals surface area contributed by atoms with Crippen molar-refractivity contribution in [2.24, 2.45) is 0 Å². The van der Waals surface area contributed by atoms with E-state index in [1.807, 2.05) is 18.7 Å². The minimum atomic E-state index is 0.409. The molecule has 2 N–H and O–H groups in total. The van der Waals surface area contributed by atoms with Gasteiger partial charge in [-0.1, -0.05) is 24.3 Å². The molecule has 0 atom stereocenters. The summed E-state index contributed by atoms with van der Waals surface area (Å²) in [5.74, 6) is 0.409. The largest absolute Gasteiger partial charge is 0.382 e. The zero-order chi connectivity index (χ0) is 18.8. The predicted molar refractivity (Wildman–Crippen MR) is 105 cm³/mol. The molecule has 4 rings (SSSR count). The molecular formula is C20H22N7+. The van der Waals surface area contributed by atoms with E-state index in [9.17, 15) is 0 Å². The number of pyridine rings is 1. The van der Waals surface area contributed by atoms with E-state index in [-0.39, 0.29) is 0 Å². The fourth-order valence-electron chi connectivity index (χ4n) is 3.03. The highest BCUT2D eigenvalue weighted by molar-refractivity contribution is 5.81. The highest BCUT2D eigenvalue weighted by atomic mass is 15.1. The van der Waals surface area contributed by atoms with Gasteiger partial charge in [0.15, 0.2) is 30.4 Å². The average Bonchev–Trinajstić information content (AvgIpc) is 3.08. The Morgan fingerprint density at radius 1 is 0.963 bits per heavy atom. The van der Waals surface area contributed by atoms with Gasteiger partial charge in [0.05, 0.1) is 12.9 Å². The van der Waals surface area contributed by atoms with Crippen molar-refractivity contribution in [1.82, 2.24) is 19.5 Å². The van der Waals surface area contributed by atoms with Crippen LogP contribution in [0.1, 0.15) is 11.1 Å². The topological polar surface area (TPSA) is 76.7 Å². The molecule has 7 nitrogen and oxygen atoms in total. The molecule has 4 aromatic rings. The van der Waals surface area contributed by atoms with Crippen LogP contribution in [0.4, 0.5) is 11.5 Å². The van der Waals surface area contributed by atoms with Crippen LogP contribution in [0.2, 0.25) is 0 Å². The summed E-state index contributed by atoms with van der Waals surface area (Å²) in [6.07, 6.45) is 7.43. The molecule has 27 heavy (non-hydrogen) atoms. The van der Waals surface area contributed by atoms with Crippen LogP contribution in [-0.4, -0.2) is 33.6 Å². The Bertz CT molecular complexity index is 1050. The van der Waals surface area contributed by atoms with Gasteiger partial charge >= 0.3 is 0 Å². The lowest BCUT2D eigenvalue weighted by Gasteiger charge is -2.10. The van der Waals surface area contributed by atoms with Crippen LogP contribution in [0.25, 0.3) is 11.2 Å². The van der Waals surface area contributed by atoms with Crippen LogP contribution < -0.4 is 15.2 Å². The van der Waals surface area contributed by atoms with Gasteiger partial charge in [-0.05, 0) is 5.56 Å². The molecule has 0 spiro atoms. The second-order valence-electron chi connectivity index (χ2n) is 6.74. The maximum atomic E-state index is 5.85. The second-order valence-corrected chi connectivity index (χ2v) is 6.74. The molecule has 3 aromatic heterocycles. The van der Waals surface area contributed by atoms with Crippen molar-refractivity contribution in [3.05, 3.63) is 72.6 Å². The number of nitrogens with two attached hydrogens (primary N) is 1. The smallest absolute Gasteiger partial charge is 0.173 e. The minimum Gasteiger partial charge on any atom is -0.382 e. The van der Waals surface area contributed by atoms with E-state index in [0.29, 0.717) is 17.9 Å². The molecule has 0 aliphatic rings. The van der Waals surface area contributed by atoms with Crippen molar-refractivity contribution in [3.8, 4) is 0 Å². The molecule has 0 radical (unpaired) electrons. The van der Waals surface area contributed by atoms with Crippen molar-refractivity contribution in [1.29, 1.82) is 0 Å². The quantitative estimate of drug-likeness (QED) is 0.550. The molecule has 0 fully saturated rings. The lowest BCUT2D eigenvalue weighted by molar-refractivity contribution is -0.688. The Kier molecular flexibility index (Phi) is 4.42. The Balaban J connectivity index is 1.47. The standard InChI is InChI=1S/C20H22N7/c1-25(2)17-7-9-26(10-8-17)11-15-3-5-16(6-4-15)12-27-14-24-18-19(21)22-13-23-20(18)27/h3-10,13-14H,11-12H2,1-2H3,(H2,21,22,23)/q+1. The van der Waals surface area contributed by atoms with Crippen LogP contribution in [0.5, 0.6) is 0 Å². The normalized spacial score (nSPS) is 11.0. The maximum Gasteiger partial charge on any atom is 0.173 e. The van der Waals surface area contributed by atoms with Crippen LogP contribution in [0, 0.1) is 0 Å². The zero-order valence-corrected chi connectivity index (χ0v) is 15.4. The number of hydrogen-bond donors (Lipinski definition) is 1. The first kappa shape index (κ1) is 17.0. The van der Waals surface area contributed by atoms with Crippen LogP contribution in [0.15, 0.2) is 61.4 Å². The SMILES string of the molecule is CN(C)c1cc[n+](Cc2ccc(Cn3cnc4c(N)ncnc43)cc2)cc1. The molecule has 3 heterocycles. The van der Waals surface area contributed by atoms with Crippen molar-refractivity contribution in [2.45, 2.75) is 13.1 Å². The first-order valence-corrected chi connectivity index (χ1v) is 8.76. The summed E-state index contributed by atoms with van der Waals surface area (Å²) in [6, 6.07) is 12.8. The third kappa shape index (κ3) is 3.57. The van der Waals surface area contributed by atoms with E-state index < -0.39 is 0 Å². The lowest BCUT2D eigenvalue weighted by atomic mass is 10.1. The summed E-state index contributed by atoms with van der Waals surface area (Å²) < 4.78 is 4.15.